The van der Waals surface area contributed by atoms with Gasteiger partial charge in [-0.3, -0.25) is 4.79 Å². The molecular weight excluding hydrogens is 470 g/mol. The second-order valence-electron chi connectivity index (χ2n) is 13.6. The van der Waals surface area contributed by atoms with Gasteiger partial charge in [-0.25, -0.2) is 4.79 Å². The second-order valence-corrected chi connectivity index (χ2v) is 13.6. The molecule has 204 valence electrons. The molecule has 4 fully saturated rings. The normalized spacial score (nSPS) is 45.7. The molecule has 7 nitrogen and oxygen atoms in total. The Balaban J connectivity index is 1.50. The van der Waals surface area contributed by atoms with E-state index < -0.39 is 35.1 Å². The van der Waals surface area contributed by atoms with Gasteiger partial charge in [-0.1, -0.05) is 32.9 Å². The van der Waals surface area contributed by atoms with E-state index in [9.17, 15) is 14.7 Å². The number of ether oxygens (including phenoxy) is 3. The Hall–Kier alpha value is -1.70. The van der Waals surface area contributed by atoms with Gasteiger partial charge in [0.15, 0.2) is 23.3 Å². The maximum absolute atomic E-state index is 14.8. The average molecular weight is 514 g/mol. The van der Waals surface area contributed by atoms with Crippen molar-refractivity contribution in [2.45, 2.75) is 97.2 Å². The fraction of sp³-hybridized carbons (Fsp3) is 0.800. The summed E-state index contributed by atoms with van der Waals surface area (Å²) >= 11 is 0. The van der Waals surface area contributed by atoms with Crippen LogP contribution in [0.5, 0.6) is 0 Å². The van der Waals surface area contributed by atoms with E-state index in [2.05, 4.69) is 26.8 Å². The summed E-state index contributed by atoms with van der Waals surface area (Å²) in [7, 11) is 0. The minimum absolute atomic E-state index is 0.0435. The molecule has 2 bridgehead atoms. The smallest absolute Gasteiger partial charge is 0.410 e. The first-order chi connectivity index (χ1) is 17.3. The SMILES string of the molecule is CC1=C[C@]23C(=O)[C@@H](C=C4COC(C)(C)OC4[C@]2(O)[C@H]1OC(=O)N1CCCCC1)[C@H]1[C@@H](CC[C@H]3C)C1(C)C. The topological polar surface area (TPSA) is 85.3 Å². The van der Waals surface area contributed by atoms with Gasteiger partial charge in [-0.2, -0.15) is 0 Å². The van der Waals surface area contributed by atoms with Gasteiger partial charge in [0.05, 0.1) is 12.0 Å². The van der Waals surface area contributed by atoms with Crippen LogP contribution < -0.4 is 0 Å². The number of ketones is 1. The molecule has 1 N–H and O–H groups in total. The van der Waals surface area contributed by atoms with Gasteiger partial charge in [0.25, 0.3) is 0 Å². The molecule has 2 saturated carbocycles. The van der Waals surface area contributed by atoms with E-state index in [4.69, 9.17) is 14.2 Å². The van der Waals surface area contributed by atoms with Crippen LogP contribution in [0.25, 0.3) is 0 Å². The number of hydrogen-bond acceptors (Lipinski definition) is 6. The lowest BCUT2D eigenvalue weighted by atomic mass is 9.57. The number of amides is 1. The fourth-order valence-corrected chi connectivity index (χ4v) is 8.74. The van der Waals surface area contributed by atoms with E-state index in [0.29, 0.717) is 19.0 Å². The molecule has 2 saturated heterocycles. The molecule has 7 heteroatoms. The highest BCUT2D eigenvalue weighted by Crippen LogP contribution is 2.70. The Labute approximate surface area is 220 Å². The Morgan fingerprint density at radius 1 is 1.14 bits per heavy atom. The van der Waals surface area contributed by atoms with Crippen molar-refractivity contribution in [2.75, 3.05) is 19.7 Å². The monoisotopic (exact) mass is 513 g/mol. The van der Waals surface area contributed by atoms with Crippen LogP contribution in [0.2, 0.25) is 0 Å². The first kappa shape index (κ1) is 25.6. The van der Waals surface area contributed by atoms with Crippen LogP contribution in [-0.2, 0) is 19.0 Å². The molecule has 0 radical (unpaired) electrons. The van der Waals surface area contributed by atoms with Crippen molar-refractivity contribution in [3.63, 3.8) is 0 Å². The first-order valence-electron chi connectivity index (χ1n) is 14.3. The quantitative estimate of drug-likeness (QED) is 0.515. The third-order valence-corrected chi connectivity index (χ3v) is 10.8. The summed E-state index contributed by atoms with van der Waals surface area (Å²) in [5.74, 6) is -0.678. The molecule has 0 aromatic carbocycles. The molecule has 1 unspecified atom stereocenters. The van der Waals surface area contributed by atoms with E-state index in [1.807, 2.05) is 26.8 Å². The highest BCUT2D eigenvalue weighted by molar-refractivity contribution is 5.95. The summed E-state index contributed by atoms with van der Waals surface area (Å²) < 4.78 is 18.8. The lowest BCUT2D eigenvalue weighted by Gasteiger charge is -2.53. The van der Waals surface area contributed by atoms with Crippen LogP contribution in [0.3, 0.4) is 0 Å². The summed E-state index contributed by atoms with van der Waals surface area (Å²) in [5.41, 5.74) is -1.39. The van der Waals surface area contributed by atoms with Crippen molar-refractivity contribution in [1.82, 2.24) is 4.90 Å². The number of hydrogen-bond donors (Lipinski definition) is 1. The molecule has 4 aliphatic carbocycles. The van der Waals surface area contributed by atoms with Crippen LogP contribution in [0.1, 0.15) is 73.6 Å². The summed E-state index contributed by atoms with van der Waals surface area (Å²) in [6, 6.07) is 0. The van der Waals surface area contributed by atoms with Gasteiger partial charge in [0, 0.05) is 19.0 Å². The van der Waals surface area contributed by atoms with E-state index in [0.717, 1.165) is 43.3 Å². The predicted octanol–water partition coefficient (Wildman–Crippen LogP) is 4.63. The second kappa shape index (κ2) is 8.15. The van der Waals surface area contributed by atoms with E-state index >= 15 is 0 Å². The molecule has 1 spiro atoms. The van der Waals surface area contributed by atoms with Gasteiger partial charge in [-0.05, 0) is 87.2 Å². The highest BCUT2D eigenvalue weighted by atomic mass is 16.7. The molecule has 6 aliphatic rings. The largest absolute Gasteiger partial charge is 0.438 e. The maximum Gasteiger partial charge on any atom is 0.410 e. The maximum atomic E-state index is 14.8. The van der Waals surface area contributed by atoms with Crippen molar-refractivity contribution < 1.29 is 28.9 Å². The predicted molar refractivity (Wildman–Crippen MR) is 137 cm³/mol. The number of fused-ring (bicyclic) bond motifs is 5. The number of carbonyl (C=O) groups is 2. The third-order valence-electron chi connectivity index (χ3n) is 10.8. The van der Waals surface area contributed by atoms with E-state index in [-0.39, 0.29) is 35.6 Å². The van der Waals surface area contributed by atoms with Crippen LogP contribution >= 0.6 is 0 Å². The van der Waals surface area contributed by atoms with Crippen LogP contribution in [-0.4, -0.2) is 65.2 Å². The van der Waals surface area contributed by atoms with Crippen LogP contribution in [0, 0.1) is 34.5 Å². The third kappa shape index (κ3) is 3.42. The number of rotatable bonds is 1. The molecule has 0 aromatic heterocycles. The van der Waals surface area contributed by atoms with Crippen molar-refractivity contribution in [3.8, 4) is 0 Å². The lowest BCUT2D eigenvalue weighted by Crippen LogP contribution is -2.68. The van der Waals surface area contributed by atoms with Gasteiger partial charge in [0.1, 0.15) is 6.10 Å². The van der Waals surface area contributed by atoms with Crippen LogP contribution in [0.15, 0.2) is 23.3 Å². The zero-order valence-electron chi connectivity index (χ0n) is 23.2. The molecule has 2 heterocycles. The van der Waals surface area contributed by atoms with Gasteiger partial charge < -0.3 is 24.2 Å². The Bertz CT molecular complexity index is 1070. The molecule has 6 rings (SSSR count). The molecule has 1 amide bonds. The van der Waals surface area contributed by atoms with E-state index in [1.54, 1.807) is 4.90 Å². The molecule has 8 atom stereocenters. The number of aliphatic hydroxyl groups is 1. The van der Waals surface area contributed by atoms with E-state index in [1.165, 1.54) is 0 Å². The zero-order valence-corrected chi connectivity index (χ0v) is 23.2. The molecule has 37 heavy (non-hydrogen) atoms. The minimum Gasteiger partial charge on any atom is -0.438 e. The summed E-state index contributed by atoms with van der Waals surface area (Å²) in [5, 5.41) is 13.1. The van der Waals surface area contributed by atoms with Crippen molar-refractivity contribution in [3.05, 3.63) is 23.3 Å². The molecule has 2 aliphatic heterocycles. The Morgan fingerprint density at radius 2 is 1.84 bits per heavy atom. The number of Topliss-reactive ketones (excluding diaryl/α,β-unsaturated/α-hetero) is 1. The number of allylic oxidation sites excluding steroid dienone is 1. The summed E-state index contributed by atoms with van der Waals surface area (Å²) in [6.45, 7) is 13.8. The number of likely N-dealkylation sites (tertiary alicyclic amines) is 1. The molecule has 0 aromatic rings. The number of piperidine rings is 1. The zero-order chi connectivity index (χ0) is 26.5. The van der Waals surface area contributed by atoms with Crippen molar-refractivity contribution in [2.24, 2.45) is 34.5 Å². The standard InChI is InChI=1S/C30H43NO6/c1-17-15-29-18(2)10-11-21-22(27(21,3)4)20(23(29)32)14-19-16-35-28(5,6)37-25(19)30(29,34)24(17)36-26(33)31-12-8-7-9-13-31/h14-15,18,20-22,24-25,34H,7-13,16H2,1-6H3/t18-,20+,21-,22+,24+,25?,29+,30-/m1/s1. The minimum atomic E-state index is -1.76. The summed E-state index contributed by atoms with van der Waals surface area (Å²) in [6.07, 6.45) is 6.63. The Morgan fingerprint density at radius 3 is 2.54 bits per heavy atom. The number of nitrogens with zero attached hydrogens (tertiary/aromatic N) is 1. The average Bonchev–Trinajstić information content (AvgIpc) is 3.33. The van der Waals surface area contributed by atoms with Crippen molar-refractivity contribution >= 4 is 11.9 Å². The highest BCUT2D eigenvalue weighted by Gasteiger charge is 2.76. The lowest BCUT2D eigenvalue weighted by molar-refractivity contribution is -0.303. The summed E-state index contributed by atoms with van der Waals surface area (Å²) in [4.78, 5) is 30.0. The fourth-order valence-electron chi connectivity index (χ4n) is 8.74. The van der Waals surface area contributed by atoms with Crippen LogP contribution in [0.4, 0.5) is 4.79 Å². The Kier molecular flexibility index (Phi) is 5.63. The number of carbonyl (C=O) groups excluding carboxylic acids is 2. The van der Waals surface area contributed by atoms with Gasteiger partial charge in [-0.15, -0.1) is 0 Å². The van der Waals surface area contributed by atoms with Crippen molar-refractivity contribution in [1.29, 1.82) is 0 Å². The first-order valence-corrected chi connectivity index (χ1v) is 14.3. The van der Waals surface area contributed by atoms with Gasteiger partial charge in [0.2, 0.25) is 0 Å². The van der Waals surface area contributed by atoms with Gasteiger partial charge >= 0.3 is 6.09 Å². The molecular formula is C30H43NO6.